The van der Waals surface area contributed by atoms with E-state index in [-0.39, 0.29) is 31.4 Å². The maximum Gasteiger partial charge on any atom is 0.344 e. The van der Waals surface area contributed by atoms with E-state index in [4.69, 9.17) is 14.9 Å². The number of amides is 1. The number of ether oxygens (including phenoxy) is 2. The third-order valence-electron chi connectivity index (χ3n) is 5.37. The number of ketones is 1. The monoisotopic (exact) mass is 546 g/mol. The Hall–Kier alpha value is -2.43. The van der Waals surface area contributed by atoms with E-state index >= 15 is 0 Å². The van der Waals surface area contributed by atoms with Crippen molar-refractivity contribution in [3.05, 3.63) is 52.6 Å². The van der Waals surface area contributed by atoms with Crippen molar-refractivity contribution >= 4 is 58.0 Å². The molecule has 1 N–H and O–H groups in total. The molecule has 1 aliphatic rings. The highest BCUT2D eigenvalue weighted by molar-refractivity contribution is 8.13. The van der Waals surface area contributed by atoms with E-state index in [9.17, 15) is 14.4 Å². The maximum atomic E-state index is 13.3. The molecule has 0 aliphatic carbocycles. The molecule has 0 saturated heterocycles. The molecule has 1 aliphatic heterocycles. The summed E-state index contributed by atoms with van der Waals surface area (Å²) in [6.07, 6.45) is 1.84. The minimum atomic E-state index is -0.444. The van der Waals surface area contributed by atoms with Gasteiger partial charge < -0.3 is 14.4 Å². The van der Waals surface area contributed by atoms with Gasteiger partial charge in [0.1, 0.15) is 5.75 Å². The smallest absolute Gasteiger partial charge is 0.344 e. The highest BCUT2D eigenvalue weighted by Gasteiger charge is 2.30. The van der Waals surface area contributed by atoms with Crippen molar-refractivity contribution in [2.45, 2.75) is 37.1 Å². The third-order valence-corrected chi connectivity index (χ3v) is 7.82. The van der Waals surface area contributed by atoms with E-state index in [1.807, 2.05) is 26.2 Å². The lowest BCUT2D eigenvalue weighted by atomic mass is 10.1. The first kappa shape index (κ1) is 28.1. The van der Waals surface area contributed by atoms with Gasteiger partial charge in [-0.2, -0.15) is 0 Å². The number of nitrogens with zero attached hydrogens (tertiary/aromatic N) is 1. The van der Waals surface area contributed by atoms with E-state index < -0.39 is 5.97 Å². The van der Waals surface area contributed by atoms with Crippen molar-refractivity contribution in [2.75, 3.05) is 37.5 Å². The Morgan fingerprint density at radius 1 is 1.03 bits per heavy atom. The molecule has 0 saturated carbocycles. The van der Waals surface area contributed by atoms with Gasteiger partial charge in [-0.1, -0.05) is 19.9 Å². The van der Waals surface area contributed by atoms with Gasteiger partial charge in [0.05, 0.1) is 28.0 Å². The number of Topliss-reactive ketones (excluding diaryl/α,β-unsaturated/α-hetero) is 1. The molecule has 3 rings (SSSR count). The molecule has 192 valence electrons. The van der Waals surface area contributed by atoms with E-state index in [0.717, 1.165) is 32.4 Å². The summed E-state index contributed by atoms with van der Waals surface area (Å²) >= 11 is 4.41. The average Bonchev–Trinajstić information content (AvgIpc) is 3.17. The van der Waals surface area contributed by atoms with Gasteiger partial charge in [-0.25, -0.2) is 4.79 Å². The van der Waals surface area contributed by atoms with Crippen LogP contribution in [0, 0.1) is 5.41 Å². The fraction of sp³-hybridized carbons (Fsp3) is 0.385. The summed E-state index contributed by atoms with van der Waals surface area (Å²) in [5.74, 6) is 1.31. The molecule has 2 aromatic rings. The Kier molecular flexibility index (Phi) is 10.3. The van der Waals surface area contributed by atoms with Crippen LogP contribution in [-0.2, 0) is 16.1 Å². The Morgan fingerprint density at radius 3 is 2.28 bits per heavy atom. The molecule has 10 heteroatoms. The first-order chi connectivity index (χ1) is 17.3. The van der Waals surface area contributed by atoms with Crippen molar-refractivity contribution in [1.82, 2.24) is 4.90 Å². The molecule has 36 heavy (non-hydrogen) atoms. The van der Waals surface area contributed by atoms with Gasteiger partial charge in [0.2, 0.25) is 0 Å². The molecule has 0 radical (unpaired) electrons. The molecule has 1 amide bonds. The fourth-order valence-electron chi connectivity index (χ4n) is 3.77. The molecule has 1 heterocycles. The van der Waals surface area contributed by atoms with Crippen LogP contribution in [0.1, 0.15) is 52.6 Å². The summed E-state index contributed by atoms with van der Waals surface area (Å²) < 4.78 is 10.8. The quantitative estimate of drug-likeness (QED) is 0.125. The molecule has 0 bridgehead atoms. The van der Waals surface area contributed by atoms with E-state index in [1.54, 1.807) is 36.1 Å². The predicted octanol–water partition coefficient (Wildman–Crippen LogP) is 5.38. The number of esters is 1. The minimum Gasteiger partial charge on any atom is -0.480 e. The number of thioether (sulfide) groups is 3. The molecular formula is C26H30N2O5S3. The number of hydrogen-bond donors (Lipinski definition) is 1. The van der Waals surface area contributed by atoms with Crippen LogP contribution in [0.25, 0.3) is 0 Å². The van der Waals surface area contributed by atoms with Gasteiger partial charge in [-0.05, 0) is 54.5 Å². The van der Waals surface area contributed by atoms with Crippen LogP contribution in [0.3, 0.4) is 0 Å². The van der Waals surface area contributed by atoms with Crippen molar-refractivity contribution in [2.24, 2.45) is 0 Å². The lowest BCUT2D eigenvalue weighted by Crippen LogP contribution is -2.30. The Labute approximate surface area is 224 Å². The van der Waals surface area contributed by atoms with Crippen LogP contribution in [0.15, 0.2) is 40.1 Å². The number of hydrogen-bond acceptors (Lipinski definition) is 9. The Balaban J connectivity index is 1.83. The zero-order valence-corrected chi connectivity index (χ0v) is 23.3. The van der Waals surface area contributed by atoms with E-state index in [1.165, 1.54) is 35.3 Å². The first-order valence-electron chi connectivity index (χ1n) is 11.6. The summed E-state index contributed by atoms with van der Waals surface area (Å²) in [5.41, 5.74) is 2.67. The number of carbonyl (C=O) groups is 3. The maximum absolute atomic E-state index is 13.3. The molecule has 2 aromatic carbocycles. The van der Waals surface area contributed by atoms with E-state index in [2.05, 4.69) is 0 Å². The second-order valence-electron chi connectivity index (χ2n) is 7.75. The highest BCUT2D eigenvalue weighted by atomic mass is 32.2. The molecule has 0 aromatic heterocycles. The minimum absolute atomic E-state index is 0.0433. The summed E-state index contributed by atoms with van der Waals surface area (Å²) in [4.78, 5) is 41.2. The lowest BCUT2D eigenvalue weighted by Gasteiger charge is -2.18. The van der Waals surface area contributed by atoms with Gasteiger partial charge in [0.25, 0.3) is 5.91 Å². The zero-order chi connectivity index (χ0) is 26.2. The largest absolute Gasteiger partial charge is 0.480 e. The van der Waals surface area contributed by atoms with Crippen molar-refractivity contribution < 1.29 is 23.9 Å². The van der Waals surface area contributed by atoms with Gasteiger partial charge in [0.15, 0.2) is 12.4 Å². The Morgan fingerprint density at radius 2 is 1.69 bits per heavy atom. The van der Waals surface area contributed by atoms with Crippen LogP contribution in [0.2, 0.25) is 0 Å². The molecule has 0 fully saturated rings. The van der Waals surface area contributed by atoms with Crippen molar-refractivity contribution in [3.63, 3.8) is 0 Å². The van der Waals surface area contributed by atoms with Gasteiger partial charge in [-0.3, -0.25) is 15.0 Å². The molecule has 7 nitrogen and oxygen atoms in total. The molecule has 0 spiro atoms. The zero-order valence-electron chi connectivity index (χ0n) is 20.8. The SMILES string of the molecule is CCOC(=O)COc1c(SCC)cc(C(=O)CN2Cc3cc(C(=N)SC)ccc3C2=O)cc1SCC. The van der Waals surface area contributed by atoms with Crippen LogP contribution < -0.4 is 4.74 Å². The second kappa shape index (κ2) is 13.2. The summed E-state index contributed by atoms with van der Waals surface area (Å²) in [6, 6.07) is 8.94. The summed E-state index contributed by atoms with van der Waals surface area (Å²) in [5, 5.41) is 8.47. The van der Waals surface area contributed by atoms with Crippen LogP contribution >= 0.6 is 35.3 Å². The highest BCUT2D eigenvalue weighted by Crippen LogP contribution is 2.40. The topological polar surface area (TPSA) is 96.8 Å². The summed E-state index contributed by atoms with van der Waals surface area (Å²) in [7, 11) is 0. The molecular weight excluding hydrogens is 516 g/mol. The van der Waals surface area contributed by atoms with Gasteiger partial charge in [0, 0.05) is 23.2 Å². The lowest BCUT2D eigenvalue weighted by molar-refractivity contribution is -0.145. The van der Waals surface area contributed by atoms with Gasteiger partial charge >= 0.3 is 5.97 Å². The fourth-order valence-corrected chi connectivity index (χ4v) is 5.84. The van der Waals surface area contributed by atoms with Crippen LogP contribution in [-0.4, -0.2) is 65.1 Å². The van der Waals surface area contributed by atoms with Crippen LogP contribution in [0.5, 0.6) is 5.75 Å². The first-order valence-corrected chi connectivity index (χ1v) is 14.8. The molecule has 0 unspecified atom stereocenters. The number of rotatable bonds is 12. The predicted molar refractivity (Wildman–Crippen MR) is 147 cm³/mol. The average molecular weight is 547 g/mol. The second-order valence-corrected chi connectivity index (χ2v) is 11.2. The van der Waals surface area contributed by atoms with Crippen molar-refractivity contribution in [1.29, 1.82) is 5.41 Å². The standard InChI is InChI=1S/C26H30N2O5S3/c1-5-32-23(30)15-33-24-21(35-6-2)11-17(12-22(24)36-7-3)20(29)14-28-13-18-10-16(25(27)34-4)8-9-19(18)26(28)31/h8-12,27H,5-7,13-15H2,1-4H3. The third kappa shape index (κ3) is 6.66. The summed E-state index contributed by atoms with van der Waals surface area (Å²) in [6.45, 7) is 6.13. The number of nitrogens with one attached hydrogen (secondary N) is 1. The number of fused-ring (bicyclic) bond motifs is 1. The van der Waals surface area contributed by atoms with Gasteiger partial charge in [-0.15, -0.1) is 35.3 Å². The molecule has 0 atom stereocenters. The van der Waals surface area contributed by atoms with E-state index in [0.29, 0.717) is 28.5 Å². The van der Waals surface area contributed by atoms with Crippen LogP contribution in [0.4, 0.5) is 0 Å². The van der Waals surface area contributed by atoms with Crippen molar-refractivity contribution in [3.8, 4) is 5.75 Å². The Bertz CT molecular complexity index is 1140. The number of carbonyl (C=O) groups excluding carboxylic acids is 3. The number of benzene rings is 2. The normalized spacial score (nSPS) is 12.4.